The van der Waals surface area contributed by atoms with Crippen molar-refractivity contribution in [1.29, 1.82) is 0 Å². The van der Waals surface area contributed by atoms with E-state index in [0.717, 1.165) is 17.9 Å². The summed E-state index contributed by atoms with van der Waals surface area (Å²) in [4.78, 5) is 2.77. The molecule has 22 heavy (non-hydrogen) atoms. The lowest BCUT2D eigenvalue weighted by Crippen LogP contribution is -2.55. The largest absolute Gasteiger partial charge is 0.493 e. The second kappa shape index (κ2) is 6.49. The van der Waals surface area contributed by atoms with Crippen molar-refractivity contribution in [2.75, 3.05) is 27.3 Å². The molecule has 0 radical (unpaired) electrons. The van der Waals surface area contributed by atoms with Gasteiger partial charge in [-0.2, -0.15) is 0 Å². The van der Waals surface area contributed by atoms with E-state index >= 15 is 0 Å². The van der Waals surface area contributed by atoms with Gasteiger partial charge in [-0.3, -0.25) is 4.90 Å². The van der Waals surface area contributed by atoms with Crippen LogP contribution in [0.3, 0.4) is 0 Å². The van der Waals surface area contributed by atoms with Gasteiger partial charge in [0.05, 0.1) is 14.2 Å². The first-order valence-electron chi connectivity index (χ1n) is 8.71. The van der Waals surface area contributed by atoms with Crippen LogP contribution in [0.1, 0.15) is 50.2 Å². The molecular weight excluding hydrogens is 274 g/mol. The molecule has 2 aliphatic rings. The molecule has 122 valence electrons. The summed E-state index contributed by atoms with van der Waals surface area (Å²) < 4.78 is 11.0. The van der Waals surface area contributed by atoms with Crippen LogP contribution in [0.25, 0.3) is 0 Å². The van der Waals surface area contributed by atoms with E-state index in [2.05, 4.69) is 24.0 Å². The first-order valence-corrected chi connectivity index (χ1v) is 8.71. The predicted octanol–water partition coefficient (Wildman–Crippen LogP) is 3.83. The van der Waals surface area contributed by atoms with Crippen LogP contribution in [-0.4, -0.2) is 37.7 Å². The minimum absolute atomic E-state index is 0.390. The Kier molecular flexibility index (Phi) is 4.62. The van der Waals surface area contributed by atoms with Crippen molar-refractivity contribution >= 4 is 0 Å². The Hall–Kier alpha value is -1.22. The Morgan fingerprint density at radius 2 is 1.77 bits per heavy atom. The van der Waals surface area contributed by atoms with Crippen LogP contribution in [0.2, 0.25) is 0 Å². The molecule has 1 atom stereocenters. The van der Waals surface area contributed by atoms with Crippen LogP contribution in [0.15, 0.2) is 12.1 Å². The quantitative estimate of drug-likeness (QED) is 0.844. The maximum Gasteiger partial charge on any atom is 0.161 e. The van der Waals surface area contributed by atoms with Crippen molar-refractivity contribution in [2.24, 2.45) is 0 Å². The molecule has 1 unspecified atom stereocenters. The Morgan fingerprint density at radius 1 is 1.05 bits per heavy atom. The highest BCUT2D eigenvalue weighted by atomic mass is 16.5. The molecule has 3 nitrogen and oxygen atoms in total. The summed E-state index contributed by atoms with van der Waals surface area (Å²) in [6.07, 6.45) is 8.96. The second-order valence-corrected chi connectivity index (χ2v) is 6.82. The fraction of sp³-hybridized carbons (Fsp3) is 0.684. The summed E-state index contributed by atoms with van der Waals surface area (Å²) in [5, 5.41) is 0. The second-order valence-electron chi connectivity index (χ2n) is 6.82. The highest BCUT2D eigenvalue weighted by molar-refractivity contribution is 5.49. The van der Waals surface area contributed by atoms with E-state index in [1.807, 2.05) is 0 Å². The van der Waals surface area contributed by atoms with E-state index in [4.69, 9.17) is 9.47 Å². The number of benzene rings is 1. The van der Waals surface area contributed by atoms with Gasteiger partial charge in [0.15, 0.2) is 11.5 Å². The van der Waals surface area contributed by atoms with Gasteiger partial charge in [0.1, 0.15) is 0 Å². The van der Waals surface area contributed by atoms with Crippen molar-refractivity contribution in [3.05, 3.63) is 23.3 Å². The number of hydrogen-bond donors (Lipinski definition) is 0. The lowest BCUT2D eigenvalue weighted by molar-refractivity contribution is 0.0340. The van der Waals surface area contributed by atoms with E-state index < -0.39 is 0 Å². The Morgan fingerprint density at radius 3 is 2.45 bits per heavy atom. The lowest BCUT2D eigenvalue weighted by Gasteiger charge is -2.50. The van der Waals surface area contributed by atoms with Gasteiger partial charge < -0.3 is 9.47 Å². The van der Waals surface area contributed by atoms with E-state index in [1.54, 1.807) is 14.2 Å². The topological polar surface area (TPSA) is 21.7 Å². The highest BCUT2D eigenvalue weighted by Gasteiger charge is 2.41. The van der Waals surface area contributed by atoms with Gasteiger partial charge in [0.25, 0.3) is 0 Å². The maximum absolute atomic E-state index is 5.51. The summed E-state index contributed by atoms with van der Waals surface area (Å²) in [5.41, 5.74) is 3.30. The number of ether oxygens (including phenoxy) is 2. The maximum atomic E-state index is 5.51. The molecule has 1 saturated heterocycles. The van der Waals surface area contributed by atoms with Crippen molar-refractivity contribution in [3.63, 3.8) is 0 Å². The molecular formula is C19H29NO2. The molecule has 1 heterocycles. The number of rotatable bonds is 4. The first-order chi connectivity index (χ1) is 10.7. The van der Waals surface area contributed by atoms with E-state index in [-0.39, 0.29) is 0 Å². The van der Waals surface area contributed by atoms with Crippen LogP contribution < -0.4 is 9.47 Å². The SMILES string of the molecule is CCCN1CCCCC12CCc1cc(OC)c(OC)cc1C2. The van der Waals surface area contributed by atoms with E-state index in [0.29, 0.717) is 5.54 Å². The summed E-state index contributed by atoms with van der Waals surface area (Å²) in [6.45, 7) is 4.81. The number of likely N-dealkylation sites (tertiary alicyclic amines) is 1. The third-order valence-corrected chi connectivity index (χ3v) is 5.57. The average molecular weight is 303 g/mol. The molecule has 1 aliphatic heterocycles. The number of methoxy groups -OCH3 is 2. The fourth-order valence-electron chi connectivity index (χ4n) is 4.42. The van der Waals surface area contributed by atoms with Gasteiger partial charge in [0.2, 0.25) is 0 Å². The van der Waals surface area contributed by atoms with Crippen LogP contribution in [0, 0.1) is 0 Å². The Labute approximate surface area is 134 Å². The molecule has 1 aromatic rings. The van der Waals surface area contributed by atoms with Crippen molar-refractivity contribution in [3.8, 4) is 11.5 Å². The van der Waals surface area contributed by atoms with E-state index in [9.17, 15) is 0 Å². The third kappa shape index (κ3) is 2.71. The monoisotopic (exact) mass is 303 g/mol. The molecule has 0 saturated carbocycles. The minimum atomic E-state index is 0.390. The molecule has 0 amide bonds. The zero-order valence-electron chi connectivity index (χ0n) is 14.3. The molecule has 1 aromatic carbocycles. The molecule has 1 fully saturated rings. The van der Waals surface area contributed by atoms with E-state index in [1.165, 1.54) is 62.7 Å². The lowest BCUT2D eigenvalue weighted by atomic mass is 9.72. The normalized spacial score (nSPS) is 25.0. The van der Waals surface area contributed by atoms with Crippen molar-refractivity contribution in [2.45, 2.75) is 57.4 Å². The van der Waals surface area contributed by atoms with Crippen LogP contribution in [-0.2, 0) is 12.8 Å². The molecule has 0 bridgehead atoms. The van der Waals surface area contributed by atoms with Crippen molar-refractivity contribution in [1.82, 2.24) is 4.90 Å². The highest BCUT2D eigenvalue weighted by Crippen LogP contribution is 2.42. The van der Waals surface area contributed by atoms with Gasteiger partial charge >= 0.3 is 0 Å². The predicted molar refractivity (Wildman–Crippen MR) is 90.0 cm³/mol. The van der Waals surface area contributed by atoms with Crippen molar-refractivity contribution < 1.29 is 9.47 Å². The summed E-state index contributed by atoms with van der Waals surface area (Å²) >= 11 is 0. The number of piperidine rings is 1. The molecule has 0 N–H and O–H groups in total. The van der Waals surface area contributed by atoms with Gasteiger partial charge in [-0.15, -0.1) is 0 Å². The molecule has 1 aliphatic carbocycles. The van der Waals surface area contributed by atoms with Crippen LogP contribution >= 0.6 is 0 Å². The van der Waals surface area contributed by atoms with Gasteiger partial charge in [0, 0.05) is 5.54 Å². The number of fused-ring (bicyclic) bond motifs is 1. The minimum Gasteiger partial charge on any atom is -0.493 e. The van der Waals surface area contributed by atoms with Gasteiger partial charge in [-0.1, -0.05) is 13.3 Å². The molecule has 0 aromatic heterocycles. The molecule has 1 spiro atoms. The third-order valence-electron chi connectivity index (χ3n) is 5.57. The summed E-state index contributed by atoms with van der Waals surface area (Å²) in [5.74, 6) is 1.74. The zero-order valence-corrected chi connectivity index (χ0v) is 14.3. The number of aryl methyl sites for hydroxylation is 1. The standard InChI is InChI=1S/C19H29NO2/c1-4-10-20-11-6-5-8-19(20)9-7-15-12-17(21-2)18(22-3)13-16(15)14-19/h12-13H,4-11,14H2,1-3H3. The first kappa shape index (κ1) is 15.7. The summed E-state index contributed by atoms with van der Waals surface area (Å²) in [6, 6.07) is 4.40. The van der Waals surface area contributed by atoms with Gasteiger partial charge in [-0.25, -0.2) is 0 Å². The zero-order chi connectivity index (χ0) is 15.6. The molecule has 3 rings (SSSR count). The van der Waals surface area contributed by atoms with Gasteiger partial charge in [-0.05, 0) is 74.9 Å². The Balaban J connectivity index is 1.91. The number of nitrogens with zero attached hydrogens (tertiary/aromatic N) is 1. The average Bonchev–Trinajstić information content (AvgIpc) is 2.56. The smallest absolute Gasteiger partial charge is 0.161 e. The molecule has 3 heteroatoms. The van der Waals surface area contributed by atoms with Crippen LogP contribution in [0.5, 0.6) is 11.5 Å². The fourth-order valence-corrected chi connectivity index (χ4v) is 4.42. The van der Waals surface area contributed by atoms with Crippen LogP contribution in [0.4, 0.5) is 0 Å². The number of hydrogen-bond acceptors (Lipinski definition) is 3. The Bertz CT molecular complexity index is 526. The summed E-state index contributed by atoms with van der Waals surface area (Å²) in [7, 11) is 3.45.